The van der Waals surface area contributed by atoms with Gasteiger partial charge in [-0.25, -0.2) is 9.78 Å². The van der Waals surface area contributed by atoms with Gasteiger partial charge in [0.1, 0.15) is 5.69 Å². The lowest BCUT2D eigenvalue weighted by Crippen LogP contribution is -2.17. The van der Waals surface area contributed by atoms with E-state index in [-0.39, 0.29) is 22.9 Å². The fourth-order valence-corrected chi connectivity index (χ4v) is 1.79. The molecule has 9 nitrogen and oxygen atoms in total. The molecule has 0 aliphatic rings. The van der Waals surface area contributed by atoms with Gasteiger partial charge in [0.2, 0.25) is 5.88 Å². The molecule has 0 atom stereocenters. The number of carbonyl (C=O) groups is 1. The zero-order chi connectivity index (χ0) is 17.2. The Morgan fingerprint density at radius 3 is 2.43 bits per heavy atom. The third-order valence-electron chi connectivity index (χ3n) is 2.72. The van der Waals surface area contributed by atoms with Crippen molar-refractivity contribution < 1.29 is 32.2 Å². The van der Waals surface area contributed by atoms with Gasteiger partial charge in [0, 0.05) is 0 Å². The first-order chi connectivity index (χ1) is 10.8. The number of esters is 1. The van der Waals surface area contributed by atoms with Crippen molar-refractivity contribution in [2.75, 3.05) is 21.3 Å². The molecule has 0 aliphatic carbocycles. The third kappa shape index (κ3) is 2.86. The minimum absolute atomic E-state index is 0.181. The molecule has 23 heavy (non-hydrogen) atoms. The molecule has 0 radical (unpaired) electrons. The van der Waals surface area contributed by atoms with Crippen molar-refractivity contribution in [1.29, 1.82) is 0 Å². The number of halogens is 3. The number of tetrazole rings is 1. The molecule has 124 valence electrons. The van der Waals surface area contributed by atoms with Crippen molar-refractivity contribution in [3.63, 3.8) is 0 Å². The Labute approximate surface area is 127 Å². The van der Waals surface area contributed by atoms with Gasteiger partial charge in [-0.1, -0.05) is 0 Å². The van der Waals surface area contributed by atoms with E-state index in [1.54, 1.807) is 0 Å². The topological polar surface area (TPSA) is 101 Å². The van der Waals surface area contributed by atoms with Crippen molar-refractivity contribution >= 4 is 5.97 Å². The van der Waals surface area contributed by atoms with Crippen LogP contribution in [0.1, 0.15) is 16.2 Å². The summed E-state index contributed by atoms with van der Waals surface area (Å²) in [5, 5.41) is 9.18. The van der Waals surface area contributed by atoms with Gasteiger partial charge in [-0.3, -0.25) is 0 Å². The van der Waals surface area contributed by atoms with Gasteiger partial charge in [0.05, 0.1) is 27.5 Å². The lowest BCUT2D eigenvalue weighted by Gasteiger charge is -2.15. The number of pyridine rings is 1. The number of ether oxygens (including phenoxy) is 3. The van der Waals surface area contributed by atoms with Crippen LogP contribution in [0.15, 0.2) is 6.20 Å². The lowest BCUT2D eigenvalue weighted by atomic mass is 10.2. The molecule has 12 heteroatoms. The number of hydrogen-bond donors (Lipinski definition) is 0. The second-order valence-electron chi connectivity index (χ2n) is 3.96. The largest absolute Gasteiger partial charge is 0.493 e. The Hall–Kier alpha value is -2.92. The molecule has 0 N–H and O–H groups in total. The highest BCUT2D eigenvalue weighted by atomic mass is 19.4. The van der Waals surface area contributed by atoms with Crippen LogP contribution in [-0.2, 0) is 10.9 Å². The lowest BCUT2D eigenvalue weighted by molar-refractivity contribution is -0.146. The molecule has 0 aliphatic heterocycles. The standard InChI is InChI=1S/C11H10F3N5O4/c1-21-7-5(19-10(11(12,13)14)16-17-18-19)4-15-8(22-2)6(7)9(20)23-3/h4H,1-3H3. The summed E-state index contributed by atoms with van der Waals surface area (Å²) in [5.74, 6) is -2.77. The minimum Gasteiger partial charge on any atom is -0.493 e. The zero-order valence-corrected chi connectivity index (χ0v) is 12.1. The Kier molecular flexibility index (Phi) is 4.33. The molecule has 0 saturated heterocycles. The first kappa shape index (κ1) is 16.5. The number of carbonyl (C=O) groups excluding carboxylic acids is 1. The predicted molar refractivity (Wildman–Crippen MR) is 66.4 cm³/mol. The maximum atomic E-state index is 12.9. The quantitative estimate of drug-likeness (QED) is 0.760. The summed E-state index contributed by atoms with van der Waals surface area (Å²) in [6, 6.07) is 0. The van der Waals surface area contributed by atoms with Crippen LogP contribution in [0.2, 0.25) is 0 Å². The molecule has 0 aromatic carbocycles. The minimum atomic E-state index is -4.82. The predicted octanol–water partition coefficient (Wildman–Crippen LogP) is 0.880. The average molecular weight is 333 g/mol. The SMILES string of the molecule is COC(=O)c1c(OC)ncc(-n2nnnc2C(F)(F)F)c1OC. The summed E-state index contributed by atoms with van der Waals surface area (Å²) in [7, 11) is 3.47. The van der Waals surface area contributed by atoms with Gasteiger partial charge in [-0.05, 0) is 10.4 Å². The van der Waals surface area contributed by atoms with Gasteiger partial charge < -0.3 is 14.2 Å². The van der Waals surface area contributed by atoms with Crippen LogP contribution in [0.25, 0.3) is 5.69 Å². The van der Waals surface area contributed by atoms with Gasteiger partial charge in [-0.2, -0.15) is 17.9 Å². The normalized spacial score (nSPS) is 11.2. The van der Waals surface area contributed by atoms with Crippen molar-refractivity contribution in [3.05, 3.63) is 17.6 Å². The second kappa shape index (κ2) is 6.06. The highest BCUT2D eigenvalue weighted by Gasteiger charge is 2.39. The van der Waals surface area contributed by atoms with Crippen LogP contribution in [0, 0.1) is 0 Å². The number of nitrogens with zero attached hydrogens (tertiary/aromatic N) is 5. The summed E-state index contributed by atoms with van der Waals surface area (Å²) in [6.07, 6.45) is -3.84. The molecule has 2 heterocycles. The van der Waals surface area contributed by atoms with Crippen LogP contribution in [0.4, 0.5) is 13.2 Å². The molecule has 2 aromatic heterocycles. The van der Waals surface area contributed by atoms with E-state index in [2.05, 4.69) is 25.2 Å². The zero-order valence-electron chi connectivity index (χ0n) is 12.1. The maximum Gasteiger partial charge on any atom is 0.453 e. The monoisotopic (exact) mass is 333 g/mol. The first-order valence-electron chi connectivity index (χ1n) is 5.90. The fourth-order valence-electron chi connectivity index (χ4n) is 1.79. The van der Waals surface area contributed by atoms with E-state index in [9.17, 15) is 18.0 Å². The van der Waals surface area contributed by atoms with E-state index in [0.717, 1.165) is 20.4 Å². The van der Waals surface area contributed by atoms with Gasteiger partial charge in [0.25, 0.3) is 5.82 Å². The first-order valence-corrected chi connectivity index (χ1v) is 5.90. The number of aromatic nitrogens is 5. The highest BCUT2D eigenvalue weighted by molar-refractivity contribution is 5.96. The van der Waals surface area contributed by atoms with Crippen LogP contribution in [-0.4, -0.2) is 52.5 Å². The maximum absolute atomic E-state index is 12.9. The molecular weight excluding hydrogens is 323 g/mol. The number of rotatable bonds is 4. The van der Waals surface area contributed by atoms with Crippen LogP contribution in [0.3, 0.4) is 0 Å². The third-order valence-corrected chi connectivity index (χ3v) is 2.72. The van der Waals surface area contributed by atoms with Crippen molar-refractivity contribution in [2.45, 2.75) is 6.18 Å². The molecular formula is C11H10F3N5O4. The summed E-state index contributed by atoms with van der Waals surface area (Å²) in [5.41, 5.74) is -0.593. The molecule has 0 bridgehead atoms. The number of methoxy groups -OCH3 is 3. The summed E-state index contributed by atoms with van der Waals surface area (Å²) in [4.78, 5) is 15.6. The Morgan fingerprint density at radius 1 is 1.22 bits per heavy atom. The van der Waals surface area contributed by atoms with Crippen LogP contribution in [0.5, 0.6) is 11.6 Å². The van der Waals surface area contributed by atoms with E-state index in [1.807, 2.05) is 0 Å². The van der Waals surface area contributed by atoms with Crippen LogP contribution >= 0.6 is 0 Å². The summed E-state index contributed by atoms with van der Waals surface area (Å²) in [6.45, 7) is 0. The Morgan fingerprint density at radius 2 is 1.91 bits per heavy atom. The van der Waals surface area contributed by atoms with Crippen molar-refractivity contribution in [1.82, 2.24) is 25.2 Å². The molecule has 0 spiro atoms. The second-order valence-corrected chi connectivity index (χ2v) is 3.96. The molecule has 2 rings (SSSR count). The van der Waals surface area contributed by atoms with Crippen molar-refractivity contribution in [3.8, 4) is 17.3 Å². The molecule has 0 amide bonds. The van der Waals surface area contributed by atoms with Crippen molar-refractivity contribution in [2.24, 2.45) is 0 Å². The van der Waals surface area contributed by atoms with Crippen LogP contribution < -0.4 is 9.47 Å². The van der Waals surface area contributed by atoms with E-state index in [0.29, 0.717) is 4.68 Å². The van der Waals surface area contributed by atoms with Gasteiger partial charge in [-0.15, -0.1) is 5.10 Å². The average Bonchev–Trinajstić information content (AvgIpc) is 3.02. The molecule has 0 unspecified atom stereocenters. The Bertz CT molecular complexity index is 731. The fraction of sp³-hybridized carbons (Fsp3) is 0.364. The van der Waals surface area contributed by atoms with Gasteiger partial charge >= 0.3 is 12.1 Å². The summed E-state index contributed by atoms with van der Waals surface area (Å²) >= 11 is 0. The van der Waals surface area contributed by atoms with E-state index < -0.39 is 18.0 Å². The van der Waals surface area contributed by atoms with E-state index in [1.165, 1.54) is 7.11 Å². The number of hydrogen-bond acceptors (Lipinski definition) is 8. The van der Waals surface area contributed by atoms with E-state index in [4.69, 9.17) is 9.47 Å². The van der Waals surface area contributed by atoms with Gasteiger partial charge in [0.15, 0.2) is 11.3 Å². The Balaban J connectivity index is 2.75. The molecule has 0 fully saturated rings. The van der Waals surface area contributed by atoms with E-state index >= 15 is 0 Å². The number of alkyl halides is 3. The smallest absolute Gasteiger partial charge is 0.453 e. The molecule has 0 saturated carbocycles. The highest BCUT2D eigenvalue weighted by Crippen LogP contribution is 2.35. The molecule has 2 aromatic rings. The summed E-state index contributed by atoms with van der Waals surface area (Å²) < 4.78 is 53.7.